The maximum absolute atomic E-state index is 14.6. The lowest BCUT2D eigenvalue weighted by Crippen LogP contribution is -2.45. The molecule has 0 saturated heterocycles. The minimum Gasteiger partial charge on any atom is -0.480 e. The van der Waals surface area contributed by atoms with Gasteiger partial charge in [-0.2, -0.15) is 0 Å². The van der Waals surface area contributed by atoms with Crippen LogP contribution in [0.4, 0.5) is 0 Å². The number of aromatic amines is 2. The number of aryl methyl sites for hydroxylation is 2. The number of carbonyl (C=O) groups excluding carboxylic acids is 5. The molecule has 2 aliphatic rings. The van der Waals surface area contributed by atoms with E-state index < -0.39 is 17.8 Å². The Labute approximate surface area is 410 Å². The van der Waals surface area contributed by atoms with E-state index >= 15 is 0 Å². The van der Waals surface area contributed by atoms with Crippen molar-refractivity contribution in [3.05, 3.63) is 68.8 Å². The van der Waals surface area contributed by atoms with Gasteiger partial charge in [0.15, 0.2) is 5.78 Å². The van der Waals surface area contributed by atoms with Crippen molar-refractivity contribution >= 4 is 57.5 Å². The molecule has 19 heteroatoms. The number of amides is 3. The Morgan fingerprint density at radius 2 is 1.46 bits per heavy atom. The largest absolute Gasteiger partial charge is 0.480 e. The van der Waals surface area contributed by atoms with Gasteiger partial charge in [-0.3, -0.25) is 48.5 Å². The molecule has 3 amide bonds. The van der Waals surface area contributed by atoms with Gasteiger partial charge in [-0.05, 0) is 88.9 Å². The Morgan fingerprint density at radius 3 is 2.09 bits per heavy atom. The van der Waals surface area contributed by atoms with Gasteiger partial charge in [0.25, 0.3) is 5.91 Å². The summed E-state index contributed by atoms with van der Waals surface area (Å²) in [7, 11) is 2.88. The quantitative estimate of drug-likeness (QED) is 0.0272. The molecule has 0 aliphatic carbocycles. The van der Waals surface area contributed by atoms with E-state index in [1.807, 2.05) is 43.9 Å². The summed E-state index contributed by atoms with van der Waals surface area (Å²) >= 11 is 0. The van der Waals surface area contributed by atoms with E-state index in [9.17, 15) is 39.0 Å². The molecule has 1 unspecified atom stereocenters. The van der Waals surface area contributed by atoms with Crippen molar-refractivity contribution in [2.75, 3.05) is 86.3 Å². The number of hydrogen-bond acceptors (Lipinski definition) is 13. The van der Waals surface area contributed by atoms with Gasteiger partial charge in [-0.1, -0.05) is 27.7 Å². The fraction of sp³-hybridized carbons (Fsp3) is 0.569. The molecule has 0 aromatic carbocycles. The van der Waals surface area contributed by atoms with Gasteiger partial charge in [0.1, 0.15) is 0 Å². The Hall–Kier alpha value is -6.02. The minimum absolute atomic E-state index is 0.0434. The molecule has 382 valence electrons. The molecule has 7 N–H and O–H groups in total. The maximum Gasteiger partial charge on any atom is 0.317 e. The number of fused-ring (bicyclic) bond motifs is 8. The fourth-order valence-corrected chi connectivity index (χ4v) is 9.50. The zero-order valence-corrected chi connectivity index (χ0v) is 42.5. The van der Waals surface area contributed by atoms with Crippen LogP contribution in [0, 0.1) is 13.8 Å². The number of nitrogens with zero attached hydrogens (tertiary/aromatic N) is 5. The number of esters is 1. The Kier molecular flexibility index (Phi) is 20.2. The predicted octanol–water partition coefficient (Wildman–Crippen LogP) is 4.22. The van der Waals surface area contributed by atoms with Crippen molar-refractivity contribution in [3.8, 4) is 0 Å². The number of carbonyl (C=O) groups is 6. The van der Waals surface area contributed by atoms with Crippen molar-refractivity contribution in [1.29, 1.82) is 0 Å². The lowest BCUT2D eigenvalue weighted by atomic mass is 9.85. The lowest BCUT2D eigenvalue weighted by Gasteiger charge is -2.27. The molecule has 3 atom stereocenters. The second-order valence-corrected chi connectivity index (χ2v) is 18.3. The molecule has 0 fully saturated rings. The first-order chi connectivity index (χ1) is 33.5. The number of nitrogens with one attached hydrogen (secondary N) is 5. The van der Waals surface area contributed by atoms with Gasteiger partial charge in [0, 0.05) is 110 Å². The highest BCUT2D eigenvalue weighted by atomic mass is 16.5. The second kappa shape index (κ2) is 25.7. The number of likely N-dealkylation sites (N-methyl/N-ethyl adjacent to an activating group) is 1. The summed E-state index contributed by atoms with van der Waals surface area (Å²) < 4.78 is 5.24. The molecule has 5 heterocycles. The Balaban J connectivity index is 1.52. The number of Topliss-reactive ketones (excluding diaryl/α,β-unsaturated/α-hetero) is 1. The molecule has 70 heavy (non-hydrogen) atoms. The topological polar surface area (TPSA) is 255 Å². The van der Waals surface area contributed by atoms with Crippen LogP contribution in [0.1, 0.15) is 138 Å². The number of H-pyrrole nitrogens is 2. The van der Waals surface area contributed by atoms with Crippen LogP contribution < -0.4 is 16.0 Å². The SMILES string of the molecule is CC[C@@H]1Cc2cc3[nH]c(cc4nc(c(CC(=O)OC)c5[nH]c(cc1n2)c(C)c5C(=O)NCCCNC(=O)CN(CCN(CO)CCN(CC)CC)CC(=O)O)[C@@H](CCC(=O)NC)C4C)c(C)c3C(C)=O. The number of carboxylic acids is 1. The number of rotatable bonds is 25. The van der Waals surface area contributed by atoms with Crippen LogP contribution in [0.15, 0.2) is 18.2 Å². The minimum atomic E-state index is -1.07. The van der Waals surface area contributed by atoms with Crippen molar-refractivity contribution < 1.29 is 43.7 Å². The monoisotopic (exact) mass is 971 g/mol. The highest BCUT2D eigenvalue weighted by Gasteiger charge is 2.34. The number of carboxylic acid groups (broad SMARTS) is 1. The molecule has 3 aromatic rings. The summed E-state index contributed by atoms with van der Waals surface area (Å²) in [6.07, 6.45) is 2.09. The first-order valence-electron chi connectivity index (χ1n) is 24.6. The molecule has 5 rings (SSSR count). The van der Waals surface area contributed by atoms with E-state index in [1.165, 1.54) is 12.0 Å². The normalized spacial score (nSPS) is 15.6. The molecule has 19 nitrogen and oxygen atoms in total. The van der Waals surface area contributed by atoms with Crippen LogP contribution in [0.2, 0.25) is 0 Å². The van der Waals surface area contributed by atoms with Crippen molar-refractivity contribution in [3.63, 3.8) is 0 Å². The highest BCUT2D eigenvalue weighted by Crippen LogP contribution is 2.43. The van der Waals surface area contributed by atoms with Gasteiger partial charge in [0.05, 0.1) is 55.6 Å². The Morgan fingerprint density at radius 1 is 0.814 bits per heavy atom. The smallest absolute Gasteiger partial charge is 0.317 e. The Bertz CT molecular complexity index is 2550. The zero-order valence-electron chi connectivity index (χ0n) is 42.5. The van der Waals surface area contributed by atoms with Crippen LogP contribution in [0.5, 0.6) is 0 Å². The van der Waals surface area contributed by atoms with Gasteiger partial charge >= 0.3 is 11.9 Å². The predicted molar refractivity (Wildman–Crippen MR) is 268 cm³/mol. The molecular formula is C51H74N10O9. The maximum atomic E-state index is 14.6. The zero-order chi connectivity index (χ0) is 51.2. The van der Waals surface area contributed by atoms with E-state index in [0.717, 1.165) is 43.0 Å². The third-order valence-corrected chi connectivity index (χ3v) is 13.8. The number of ether oxygens (including phenoxy) is 1. The second-order valence-electron chi connectivity index (χ2n) is 18.3. The third-order valence-electron chi connectivity index (χ3n) is 13.8. The number of hydrogen-bond donors (Lipinski definition) is 7. The van der Waals surface area contributed by atoms with Crippen molar-refractivity contribution in [1.82, 2.24) is 50.6 Å². The van der Waals surface area contributed by atoms with Crippen LogP contribution >= 0.6 is 0 Å². The van der Waals surface area contributed by atoms with Gasteiger partial charge in [0.2, 0.25) is 11.8 Å². The first-order valence-corrected chi connectivity index (χ1v) is 24.6. The van der Waals surface area contributed by atoms with Crippen LogP contribution in [-0.2, 0) is 36.8 Å². The van der Waals surface area contributed by atoms with Crippen molar-refractivity contribution in [2.45, 2.75) is 105 Å². The number of methoxy groups -OCH3 is 1. The number of aliphatic hydroxyl groups is 1. The average Bonchev–Trinajstić information content (AvgIpc) is 4.05. The summed E-state index contributed by atoms with van der Waals surface area (Å²) in [4.78, 5) is 102. The lowest BCUT2D eigenvalue weighted by molar-refractivity contribution is -0.140. The fourth-order valence-electron chi connectivity index (χ4n) is 9.50. The number of aliphatic carboxylic acids is 1. The van der Waals surface area contributed by atoms with Gasteiger partial charge in [-0.15, -0.1) is 0 Å². The molecule has 0 spiro atoms. The van der Waals surface area contributed by atoms with E-state index in [4.69, 9.17) is 14.7 Å². The first kappa shape index (κ1) is 54.9. The molecule has 0 radical (unpaired) electrons. The summed E-state index contributed by atoms with van der Waals surface area (Å²) in [6, 6.07) is 5.79. The molecule has 3 aromatic heterocycles. The van der Waals surface area contributed by atoms with Gasteiger partial charge in [-0.25, -0.2) is 0 Å². The van der Waals surface area contributed by atoms with Crippen molar-refractivity contribution in [2.24, 2.45) is 0 Å². The summed E-state index contributed by atoms with van der Waals surface area (Å²) in [5, 5.41) is 28.1. The number of aromatic nitrogens is 4. The highest BCUT2D eigenvalue weighted by molar-refractivity contribution is 6.06. The standard InChI is InChI=1S/C51H74N10O9/c1-10-34-22-35-23-42-47(33(7)63)31(5)39(56-42)25-38-30(4)36(14-15-43(64)52-8)49(57-38)37(24-46(68)70-9)50-48(32(6)40(58-50)26-41(34)55-35)51(69)54-17-13-16-53-44(65)27-61(28-45(66)67)21-20-60(29-62)19-18-59(11-2)12-3/h23,25-26,30,34,36,56,58,62H,10-22,24,27-29H2,1-9H3,(H,52,64)(H,53,65)(H,54,69)(H,66,67)/t30?,34-,36+/m1/s1. The average molecular weight is 971 g/mol. The summed E-state index contributed by atoms with van der Waals surface area (Å²) in [6.45, 7) is 16.9. The van der Waals surface area contributed by atoms with Crippen LogP contribution in [0.3, 0.4) is 0 Å². The molecule has 2 aliphatic heterocycles. The molecule has 8 bridgehead atoms. The van der Waals surface area contributed by atoms with E-state index in [0.29, 0.717) is 88.1 Å². The summed E-state index contributed by atoms with van der Waals surface area (Å²) in [5.41, 5.74) is 7.84. The molecule has 0 saturated carbocycles. The van der Waals surface area contributed by atoms with Crippen LogP contribution in [-0.4, -0.2) is 167 Å². The van der Waals surface area contributed by atoms with E-state index in [-0.39, 0.29) is 87.6 Å². The van der Waals surface area contributed by atoms with E-state index in [2.05, 4.69) is 51.6 Å². The molecular weight excluding hydrogens is 897 g/mol. The summed E-state index contributed by atoms with van der Waals surface area (Å²) in [5.74, 6) is -3.23. The van der Waals surface area contributed by atoms with Crippen LogP contribution in [0.25, 0.3) is 22.1 Å². The third kappa shape index (κ3) is 13.9. The van der Waals surface area contributed by atoms with Gasteiger partial charge < -0.3 is 45.8 Å². The number of ketones is 1. The number of aliphatic hydroxyl groups excluding tert-OH is 1. The van der Waals surface area contributed by atoms with E-state index in [1.54, 1.807) is 14.0 Å².